The molecule has 1 saturated heterocycles. The first-order valence-electron chi connectivity index (χ1n) is 5.94. The Morgan fingerprint density at radius 2 is 1.93 bits per heavy atom. The highest BCUT2D eigenvalue weighted by Crippen LogP contribution is 2.09. The monoisotopic (exact) mass is 214 g/mol. The molecule has 0 radical (unpaired) electrons. The van der Waals surface area contributed by atoms with Gasteiger partial charge in [-0.15, -0.1) is 0 Å². The molecule has 2 N–H and O–H groups in total. The number of carbonyl (C=O) groups excluding carboxylic acids is 1. The number of likely N-dealkylation sites (tertiary alicyclic amines) is 1. The summed E-state index contributed by atoms with van der Waals surface area (Å²) in [6.45, 7) is 3.62. The molecule has 0 aromatic carbocycles. The first kappa shape index (κ1) is 12.5. The lowest BCUT2D eigenvalue weighted by Gasteiger charge is -2.26. The molecule has 88 valence electrons. The Balaban J connectivity index is 2.02. The number of amides is 1. The highest BCUT2D eigenvalue weighted by Gasteiger charge is 2.15. The third-order valence-electron chi connectivity index (χ3n) is 2.74. The molecule has 0 spiro atoms. The molecule has 1 fully saturated rings. The van der Waals surface area contributed by atoms with Crippen LogP contribution in [0.25, 0.3) is 0 Å². The maximum absolute atomic E-state index is 11.7. The van der Waals surface area contributed by atoms with Gasteiger partial charge < -0.3 is 15.3 Å². The number of carbonyl (C=O) groups is 1. The van der Waals surface area contributed by atoms with E-state index in [0.717, 1.165) is 45.4 Å². The summed E-state index contributed by atoms with van der Waals surface area (Å²) in [5, 5.41) is 11.7. The molecular weight excluding hydrogens is 192 g/mol. The molecule has 0 aliphatic carbocycles. The Bertz CT molecular complexity index is 179. The fraction of sp³-hybridized carbons (Fsp3) is 0.909. The van der Waals surface area contributed by atoms with Crippen molar-refractivity contribution in [2.45, 2.75) is 32.1 Å². The predicted molar refractivity (Wildman–Crippen MR) is 59.6 cm³/mol. The van der Waals surface area contributed by atoms with Crippen molar-refractivity contribution < 1.29 is 9.90 Å². The van der Waals surface area contributed by atoms with Gasteiger partial charge in [-0.05, 0) is 32.2 Å². The minimum absolute atomic E-state index is 0.215. The van der Waals surface area contributed by atoms with Crippen molar-refractivity contribution in [1.82, 2.24) is 10.2 Å². The van der Waals surface area contributed by atoms with Crippen LogP contribution in [0.2, 0.25) is 0 Å². The van der Waals surface area contributed by atoms with Gasteiger partial charge in [0.2, 0.25) is 5.91 Å². The van der Waals surface area contributed by atoms with Gasteiger partial charge in [0.25, 0.3) is 0 Å². The number of aliphatic hydroxyl groups excluding tert-OH is 1. The maximum Gasteiger partial charge on any atom is 0.223 e. The van der Waals surface area contributed by atoms with Gasteiger partial charge in [-0.25, -0.2) is 0 Å². The van der Waals surface area contributed by atoms with Gasteiger partial charge in [0.05, 0.1) is 0 Å². The summed E-state index contributed by atoms with van der Waals surface area (Å²) >= 11 is 0. The molecule has 1 heterocycles. The summed E-state index contributed by atoms with van der Waals surface area (Å²) in [6, 6.07) is 0. The molecule has 0 atom stereocenters. The van der Waals surface area contributed by atoms with E-state index in [4.69, 9.17) is 5.11 Å². The lowest BCUT2D eigenvalue weighted by atomic mass is 10.1. The Kier molecular flexibility index (Phi) is 6.36. The molecule has 0 unspecified atom stereocenters. The second-order valence-corrected chi connectivity index (χ2v) is 4.02. The van der Waals surface area contributed by atoms with Gasteiger partial charge in [0.1, 0.15) is 0 Å². The minimum atomic E-state index is 0.215. The van der Waals surface area contributed by atoms with E-state index in [9.17, 15) is 4.79 Å². The highest BCUT2D eigenvalue weighted by molar-refractivity contribution is 5.76. The molecule has 1 aliphatic heterocycles. The fourth-order valence-electron chi connectivity index (χ4n) is 1.83. The van der Waals surface area contributed by atoms with Gasteiger partial charge in [-0.1, -0.05) is 0 Å². The Hall–Kier alpha value is -0.610. The van der Waals surface area contributed by atoms with E-state index in [0.29, 0.717) is 6.42 Å². The van der Waals surface area contributed by atoms with Crippen LogP contribution in [0.15, 0.2) is 0 Å². The zero-order valence-electron chi connectivity index (χ0n) is 9.37. The van der Waals surface area contributed by atoms with Crippen LogP contribution < -0.4 is 5.32 Å². The zero-order chi connectivity index (χ0) is 10.9. The molecule has 1 amide bonds. The van der Waals surface area contributed by atoms with Crippen LogP contribution in [-0.2, 0) is 4.79 Å². The Morgan fingerprint density at radius 3 is 2.60 bits per heavy atom. The lowest BCUT2D eigenvalue weighted by molar-refractivity contribution is -0.131. The van der Waals surface area contributed by atoms with Crippen LogP contribution in [-0.4, -0.2) is 48.7 Å². The largest absolute Gasteiger partial charge is 0.396 e. The number of piperidine rings is 1. The standard InChI is InChI=1S/C11H22N2O2/c14-10-4-6-12-7-5-11(15)13-8-2-1-3-9-13/h12,14H,1-10H2. The van der Waals surface area contributed by atoms with Crippen molar-refractivity contribution in [1.29, 1.82) is 0 Å². The van der Waals surface area contributed by atoms with Crippen LogP contribution in [0.4, 0.5) is 0 Å². The van der Waals surface area contributed by atoms with Gasteiger partial charge in [-0.2, -0.15) is 0 Å². The second-order valence-electron chi connectivity index (χ2n) is 4.02. The topological polar surface area (TPSA) is 52.6 Å². The van der Waals surface area contributed by atoms with Crippen LogP contribution in [0.3, 0.4) is 0 Å². The zero-order valence-corrected chi connectivity index (χ0v) is 9.37. The number of nitrogens with one attached hydrogen (secondary N) is 1. The first-order valence-corrected chi connectivity index (χ1v) is 5.94. The third-order valence-corrected chi connectivity index (χ3v) is 2.74. The average molecular weight is 214 g/mol. The summed E-state index contributed by atoms with van der Waals surface area (Å²) in [5.74, 6) is 0.270. The third kappa shape index (κ3) is 5.14. The lowest BCUT2D eigenvalue weighted by Crippen LogP contribution is -2.37. The number of rotatable bonds is 6. The molecular formula is C11H22N2O2. The first-order chi connectivity index (χ1) is 7.34. The van der Waals surface area contributed by atoms with E-state index in [1.165, 1.54) is 6.42 Å². The SMILES string of the molecule is O=C(CCNCCCO)N1CCCCC1. The molecule has 1 aliphatic rings. The normalized spacial score (nSPS) is 16.7. The summed E-state index contributed by atoms with van der Waals surface area (Å²) in [4.78, 5) is 13.6. The van der Waals surface area contributed by atoms with E-state index in [1.807, 2.05) is 4.90 Å². The molecule has 0 saturated carbocycles. The second kappa shape index (κ2) is 7.65. The quantitative estimate of drug-likeness (QED) is 0.628. The smallest absolute Gasteiger partial charge is 0.223 e. The van der Waals surface area contributed by atoms with Crippen molar-refractivity contribution in [3.8, 4) is 0 Å². The van der Waals surface area contributed by atoms with Crippen LogP contribution in [0, 0.1) is 0 Å². The van der Waals surface area contributed by atoms with Gasteiger partial charge >= 0.3 is 0 Å². The minimum Gasteiger partial charge on any atom is -0.396 e. The summed E-state index contributed by atoms with van der Waals surface area (Å²) < 4.78 is 0. The average Bonchev–Trinajstić information content (AvgIpc) is 2.30. The van der Waals surface area contributed by atoms with E-state index in [-0.39, 0.29) is 12.5 Å². The molecule has 0 aromatic heterocycles. The number of hydrogen-bond acceptors (Lipinski definition) is 3. The number of hydrogen-bond donors (Lipinski definition) is 2. The van der Waals surface area contributed by atoms with Crippen LogP contribution in [0.1, 0.15) is 32.1 Å². The van der Waals surface area contributed by atoms with E-state index >= 15 is 0 Å². The predicted octanol–water partition coefficient (Wildman–Crippen LogP) is 0.361. The van der Waals surface area contributed by atoms with Crippen molar-refractivity contribution in [2.75, 3.05) is 32.8 Å². The highest BCUT2D eigenvalue weighted by atomic mass is 16.3. The van der Waals surface area contributed by atoms with Crippen molar-refractivity contribution in [2.24, 2.45) is 0 Å². The summed E-state index contributed by atoms with van der Waals surface area (Å²) in [7, 11) is 0. The van der Waals surface area contributed by atoms with Crippen molar-refractivity contribution in [3.63, 3.8) is 0 Å². The molecule has 4 heteroatoms. The van der Waals surface area contributed by atoms with E-state index < -0.39 is 0 Å². The summed E-state index contributed by atoms with van der Waals surface area (Å²) in [6.07, 6.45) is 4.93. The van der Waals surface area contributed by atoms with Gasteiger partial charge in [0.15, 0.2) is 0 Å². The summed E-state index contributed by atoms with van der Waals surface area (Å²) in [5.41, 5.74) is 0. The van der Waals surface area contributed by atoms with Gasteiger partial charge in [-0.3, -0.25) is 4.79 Å². The Labute approximate surface area is 91.6 Å². The molecule has 1 rings (SSSR count). The molecule has 15 heavy (non-hydrogen) atoms. The number of aliphatic hydroxyl groups is 1. The molecule has 0 aromatic rings. The van der Waals surface area contributed by atoms with Gasteiger partial charge in [0, 0.05) is 32.7 Å². The maximum atomic E-state index is 11.7. The Morgan fingerprint density at radius 1 is 1.20 bits per heavy atom. The van der Waals surface area contributed by atoms with Crippen molar-refractivity contribution in [3.05, 3.63) is 0 Å². The van der Waals surface area contributed by atoms with Crippen LogP contribution >= 0.6 is 0 Å². The van der Waals surface area contributed by atoms with Crippen molar-refractivity contribution >= 4 is 5.91 Å². The van der Waals surface area contributed by atoms with Crippen LogP contribution in [0.5, 0.6) is 0 Å². The molecule has 0 bridgehead atoms. The number of nitrogens with zero attached hydrogens (tertiary/aromatic N) is 1. The van der Waals surface area contributed by atoms with E-state index in [2.05, 4.69) is 5.32 Å². The molecule has 4 nitrogen and oxygen atoms in total. The fourth-order valence-corrected chi connectivity index (χ4v) is 1.83. The van der Waals surface area contributed by atoms with E-state index in [1.54, 1.807) is 0 Å².